The maximum atomic E-state index is 8.74. The molecule has 0 N–H and O–H groups in total. The van der Waals surface area contributed by atoms with Gasteiger partial charge in [0.2, 0.25) is 0 Å². The number of aromatic nitrogens is 1. The molecule has 0 saturated carbocycles. The van der Waals surface area contributed by atoms with E-state index in [-0.39, 0.29) is 0 Å². The monoisotopic (exact) mass is 216 g/mol. The number of para-hydroxylation sites is 1. The Morgan fingerprint density at radius 2 is 2.27 bits per heavy atom. The van der Waals surface area contributed by atoms with Crippen molar-refractivity contribution in [1.29, 1.82) is 5.26 Å². The van der Waals surface area contributed by atoms with Crippen molar-refractivity contribution in [2.45, 2.75) is 13.3 Å². The van der Waals surface area contributed by atoms with Crippen LogP contribution in [0.3, 0.4) is 0 Å². The van der Waals surface area contributed by atoms with Crippen molar-refractivity contribution in [2.75, 3.05) is 0 Å². The van der Waals surface area contributed by atoms with E-state index in [1.807, 2.05) is 31.2 Å². The van der Waals surface area contributed by atoms with Crippen molar-refractivity contribution in [3.8, 4) is 6.07 Å². The first-order valence-corrected chi connectivity index (χ1v) is 5.02. The van der Waals surface area contributed by atoms with E-state index >= 15 is 0 Å². The molecule has 0 aliphatic rings. The number of benzene rings is 1. The van der Waals surface area contributed by atoms with E-state index in [1.54, 1.807) is 0 Å². The third kappa shape index (κ3) is 1.79. The molecule has 74 valence electrons. The quantitative estimate of drug-likeness (QED) is 0.734. The lowest BCUT2D eigenvalue weighted by Crippen LogP contribution is -1.91. The molecule has 2 aromatic rings. The summed E-state index contributed by atoms with van der Waals surface area (Å²) in [6.07, 6.45) is 0.389. The van der Waals surface area contributed by atoms with E-state index in [0.717, 1.165) is 22.2 Å². The van der Waals surface area contributed by atoms with Crippen LogP contribution in [0.4, 0.5) is 0 Å². The summed E-state index contributed by atoms with van der Waals surface area (Å²) in [4.78, 5) is 4.38. The third-order valence-corrected chi connectivity index (χ3v) is 2.58. The summed E-state index contributed by atoms with van der Waals surface area (Å²) >= 11 is 6.06. The lowest BCUT2D eigenvalue weighted by Gasteiger charge is -2.05. The van der Waals surface area contributed by atoms with Crippen LogP contribution in [0.1, 0.15) is 11.3 Å². The number of nitrogens with zero attached hydrogens (tertiary/aromatic N) is 2. The van der Waals surface area contributed by atoms with E-state index < -0.39 is 0 Å². The van der Waals surface area contributed by atoms with Crippen LogP contribution >= 0.6 is 11.6 Å². The minimum atomic E-state index is 0.389. The lowest BCUT2D eigenvalue weighted by atomic mass is 10.1. The van der Waals surface area contributed by atoms with Crippen LogP contribution in [0.25, 0.3) is 10.9 Å². The number of halogens is 1. The summed E-state index contributed by atoms with van der Waals surface area (Å²) in [7, 11) is 0. The Morgan fingerprint density at radius 1 is 1.47 bits per heavy atom. The SMILES string of the molecule is Cc1cc(CC#N)c2cccc(Cl)c2n1. The molecule has 0 atom stereocenters. The number of aryl methyl sites for hydroxylation is 1. The Morgan fingerprint density at radius 3 is 3.00 bits per heavy atom. The lowest BCUT2D eigenvalue weighted by molar-refractivity contribution is 1.20. The molecule has 0 aliphatic heterocycles. The van der Waals surface area contributed by atoms with E-state index in [1.165, 1.54) is 0 Å². The third-order valence-electron chi connectivity index (χ3n) is 2.27. The zero-order chi connectivity index (χ0) is 10.8. The van der Waals surface area contributed by atoms with Gasteiger partial charge in [0.1, 0.15) is 0 Å². The van der Waals surface area contributed by atoms with Crippen LogP contribution in [0.2, 0.25) is 5.02 Å². The van der Waals surface area contributed by atoms with Crippen LogP contribution in [-0.4, -0.2) is 4.98 Å². The second-order valence-electron chi connectivity index (χ2n) is 3.39. The average molecular weight is 217 g/mol. The normalized spacial score (nSPS) is 10.2. The molecule has 0 amide bonds. The van der Waals surface area contributed by atoms with Crippen LogP contribution in [0.15, 0.2) is 24.3 Å². The Hall–Kier alpha value is -1.59. The smallest absolute Gasteiger partial charge is 0.0894 e. The molecule has 0 aliphatic carbocycles. The maximum Gasteiger partial charge on any atom is 0.0894 e. The number of fused-ring (bicyclic) bond motifs is 1. The van der Waals surface area contributed by atoms with Crippen LogP contribution in [0, 0.1) is 18.3 Å². The zero-order valence-electron chi connectivity index (χ0n) is 8.29. The molecule has 2 rings (SSSR count). The summed E-state index contributed by atoms with van der Waals surface area (Å²) in [5, 5.41) is 10.3. The summed E-state index contributed by atoms with van der Waals surface area (Å²) in [5.41, 5.74) is 2.66. The Labute approximate surface area is 93.1 Å². The van der Waals surface area contributed by atoms with Gasteiger partial charge in [0.05, 0.1) is 23.0 Å². The highest BCUT2D eigenvalue weighted by Crippen LogP contribution is 2.25. The van der Waals surface area contributed by atoms with Gasteiger partial charge in [-0.2, -0.15) is 5.26 Å². The van der Waals surface area contributed by atoms with Crippen molar-refractivity contribution >= 4 is 22.5 Å². The van der Waals surface area contributed by atoms with Crippen molar-refractivity contribution < 1.29 is 0 Å². The van der Waals surface area contributed by atoms with Gasteiger partial charge in [-0.25, -0.2) is 0 Å². The molecule has 0 bridgehead atoms. The predicted octanol–water partition coefficient (Wildman–Crippen LogP) is 3.26. The second kappa shape index (κ2) is 3.88. The summed E-state index contributed by atoms with van der Waals surface area (Å²) in [6, 6.07) is 9.72. The highest BCUT2D eigenvalue weighted by atomic mass is 35.5. The van der Waals surface area contributed by atoms with Crippen LogP contribution in [-0.2, 0) is 6.42 Å². The minimum Gasteiger partial charge on any atom is -0.252 e. The molecule has 1 aromatic heterocycles. The minimum absolute atomic E-state index is 0.389. The highest BCUT2D eigenvalue weighted by molar-refractivity contribution is 6.35. The van der Waals surface area contributed by atoms with Gasteiger partial charge in [-0.15, -0.1) is 0 Å². The number of pyridine rings is 1. The molecule has 15 heavy (non-hydrogen) atoms. The Balaban J connectivity index is 2.81. The number of nitriles is 1. The van der Waals surface area contributed by atoms with Gasteiger partial charge in [0, 0.05) is 11.1 Å². The van der Waals surface area contributed by atoms with E-state index in [0.29, 0.717) is 11.4 Å². The van der Waals surface area contributed by atoms with E-state index in [4.69, 9.17) is 16.9 Å². The van der Waals surface area contributed by atoms with Crippen molar-refractivity contribution in [3.05, 3.63) is 40.5 Å². The first kappa shape index (κ1) is 9.95. The zero-order valence-corrected chi connectivity index (χ0v) is 9.04. The topological polar surface area (TPSA) is 36.7 Å². The summed E-state index contributed by atoms with van der Waals surface area (Å²) < 4.78 is 0. The molecule has 3 heteroatoms. The molecule has 2 nitrogen and oxygen atoms in total. The van der Waals surface area contributed by atoms with Gasteiger partial charge < -0.3 is 0 Å². The van der Waals surface area contributed by atoms with Gasteiger partial charge in [0.15, 0.2) is 0 Å². The standard InChI is InChI=1S/C12H9ClN2/c1-8-7-9(5-6-14)10-3-2-4-11(13)12(10)15-8/h2-4,7H,5H2,1H3. The van der Waals surface area contributed by atoms with Crippen molar-refractivity contribution in [1.82, 2.24) is 4.98 Å². The summed E-state index contributed by atoms with van der Waals surface area (Å²) in [5.74, 6) is 0. The first-order valence-electron chi connectivity index (χ1n) is 4.64. The summed E-state index contributed by atoms with van der Waals surface area (Å²) in [6.45, 7) is 1.91. The highest BCUT2D eigenvalue weighted by Gasteiger charge is 2.06. The molecule has 0 unspecified atom stereocenters. The molecule has 0 fully saturated rings. The fourth-order valence-electron chi connectivity index (χ4n) is 1.66. The fourth-order valence-corrected chi connectivity index (χ4v) is 1.87. The number of hydrogen-bond donors (Lipinski definition) is 0. The number of rotatable bonds is 1. The van der Waals surface area contributed by atoms with Crippen LogP contribution < -0.4 is 0 Å². The van der Waals surface area contributed by atoms with Gasteiger partial charge >= 0.3 is 0 Å². The maximum absolute atomic E-state index is 8.74. The predicted molar refractivity (Wildman–Crippen MR) is 60.8 cm³/mol. The van der Waals surface area contributed by atoms with Crippen molar-refractivity contribution in [2.24, 2.45) is 0 Å². The first-order chi connectivity index (χ1) is 7.22. The molecular weight excluding hydrogens is 208 g/mol. The van der Waals surface area contributed by atoms with Gasteiger partial charge in [0.25, 0.3) is 0 Å². The molecular formula is C12H9ClN2. The second-order valence-corrected chi connectivity index (χ2v) is 3.80. The van der Waals surface area contributed by atoms with E-state index in [9.17, 15) is 0 Å². The largest absolute Gasteiger partial charge is 0.252 e. The number of hydrogen-bond acceptors (Lipinski definition) is 2. The van der Waals surface area contributed by atoms with E-state index in [2.05, 4.69) is 11.1 Å². The molecule has 1 heterocycles. The van der Waals surface area contributed by atoms with Gasteiger partial charge in [-0.3, -0.25) is 4.98 Å². The fraction of sp³-hybridized carbons (Fsp3) is 0.167. The van der Waals surface area contributed by atoms with Crippen molar-refractivity contribution in [3.63, 3.8) is 0 Å². The average Bonchev–Trinajstić information content (AvgIpc) is 2.20. The molecule has 0 radical (unpaired) electrons. The molecule has 0 spiro atoms. The molecule has 0 saturated heterocycles. The Bertz CT molecular complexity index is 555. The molecule has 1 aromatic carbocycles. The van der Waals surface area contributed by atoms with Crippen LogP contribution in [0.5, 0.6) is 0 Å². The van der Waals surface area contributed by atoms with Gasteiger partial charge in [-0.1, -0.05) is 23.7 Å². The Kier molecular flexibility index (Phi) is 2.57. The van der Waals surface area contributed by atoms with Gasteiger partial charge in [-0.05, 0) is 24.6 Å².